The Hall–Kier alpha value is -3.21. The van der Waals surface area contributed by atoms with Crippen LogP contribution in [-0.4, -0.2) is 23.2 Å². The molecule has 2 aromatic carbocycles. The van der Waals surface area contributed by atoms with Gasteiger partial charge in [-0.1, -0.05) is 29.8 Å². The minimum atomic E-state index is -0.517. The fraction of sp³-hybridized carbons (Fsp3) is 0.143. The Labute approximate surface area is 187 Å². The monoisotopic (exact) mass is 518 g/mol. The van der Waals surface area contributed by atoms with E-state index in [0.29, 0.717) is 18.1 Å². The van der Waals surface area contributed by atoms with Crippen molar-refractivity contribution in [3.63, 3.8) is 0 Å². The summed E-state index contributed by atoms with van der Waals surface area (Å²) in [7, 11) is 1.57. The molecule has 1 aromatic heterocycles. The third kappa shape index (κ3) is 5.44. The smallest absolute Gasteiger partial charge is 0.313 e. The van der Waals surface area contributed by atoms with Crippen molar-refractivity contribution >= 4 is 40.3 Å². The highest BCUT2D eigenvalue weighted by atomic mass is 127. The van der Waals surface area contributed by atoms with Crippen LogP contribution in [0, 0.1) is 20.6 Å². The average Bonchev–Trinajstić information content (AvgIpc) is 2.74. The zero-order valence-electron chi connectivity index (χ0n) is 16.3. The number of benzene rings is 2. The predicted molar refractivity (Wildman–Crippen MR) is 123 cm³/mol. The standard InChI is InChI=1S/C21H19IN4O4/c1-14-5-7-15(8-6-14)13-30-20-17(22)10-16(11-19(20)29-2)12-24-25-21-18(26(27)28)4-3-9-23-21/h3-12H,13H2,1-2H3,(H,23,25)/b24-12-. The third-order valence-electron chi connectivity index (χ3n) is 4.12. The number of nitrogens with zero attached hydrogens (tertiary/aromatic N) is 3. The van der Waals surface area contributed by atoms with E-state index in [1.54, 1.807) is 13.2 Å². The van der Waals surface area contributed by atoms with Gasteiger partial charge in [-0.25, -0.2) is 4.98 Å². The number of hydrazone groups is 1. The molecule has 0 aliphatic rings. The molecule has 0 fully saturated rings. The van der Waals surface area contributed by atoms with Gasteiger partial charge >= 0.3 is 5.69 Å². The molecule has 1 N–H and O–H groups in total. The van der Waals surface area contributed by atoms with Crippen LogP contribution in [0.3, 0.4) is 0 Å². The summed E-state index contributed by atoms with van der Waals surface area (Å²) in [4.78, 5) is 14.5. The molecule has 0 saturated carbocycles. The molecule has 3 rings (SSSR count). The number of pyridine rings is 1. The molecule has 0 bridgehead atoms. The minimum Gasteiger partial charge on any atom is -0.493 e. The number of halogens is 1. The van der Waals surface area contributed by atoms with E-state index in [-0.39, 0.29) is 11.5 Å². The second kappa shape index (κ2) is 10.0. The molecule has 0 amide bonds. The molecule has 0 unspecified atom stereocenters. The molecule has 3 aromatic rings. The minimum absolute atomic E-state index is 0.0680. The Kier molecular flexibility index (Phi) is 7.17. The lowest BCUT2D eigenvalue weighted by molar-refractivity contribution is -0.384. The van der Waals surface area contributed by atoms with Crippen molar-refractivity contribution in [2.45, 2.75) is 13.5 Å². The largest absolute Gasteiger partial charge is 0.493 e. The quantitative estimate of drug-likeness (QED) is 0.197. The van der Waals surface area contributed by atoms with E-state index in [2.05, 4.69) is 38.1 Å². The van der Waals surface area contributed by atoms with Crippen molar-refractivity contribution in [3.8, 4) is 11.5 Å². The molecule has 154 valence electrons. The number of hydrogen-bond acceptors (Lipinski definition) is 7. The first-order valence-corrected chi connectivity index (χ1v) is 10.00. The number of aryl methyl sites for hydroxylation is 1. The first kappa shape index (κ1) is 21.5. The normalized spacial score (nSPS) is 10.8. The van der Waals surface area contributed by atoms with Crippen molar-refractivity contribution in [1.82, 2.24) is 4.98 Å². The molecular weight excluding hydrogens is 499 g/mol. The van der Waals surface area contributed by atoms with Crippen molar-refractivity contribution in [2.75, 3.05) is 12.5 Å². The Morgan fingerprint density at radius 2 is 2.03 bits per heavy atom. The summed E-state index contributed by atoms with van der Waals surface area (Å²) in [5, 5.41) is 15.1. The van der Waals surface area contributed by atoms with Gasteiger partial charge in [0.1, 0.15) is 6.61 Å². The summed E-state index contributed by atoms with van der Waals surface area (Å²) in [5.41, 5.74) is 5.45. The maximum absolute atomic E-state index is 11.0. The third-order valence-corrected chi connectivity index (χ3v) is 4.92. The van der Waals surface area contributed by atoms with Crippen LogP contribution in [-0.2, 0) is 6.61 Å². The Balaban J connectivity index is 1.74. The first-order chi connectivity index (χ1) is 14.5. The van der Waals surface area contributed by atoms with Crippen LogP contribution in [0.1, 0.15) is 16.7 Å². The lowest BCUT2D eigenvalue weighted by Gasteiger charge is -2.13. The van der Waals surface area contributed by atoms with E-state index >= 15 is 0 Å². The van der Waals surface area contributed by atoms with Crippen molar-refractivity contribution < 1.29 is 14.4 Å². The molecule has 8 nitrogen and oxygen atoms in total. The Morgan fingerprint density at radius 3 is 2.73 bits per heavy atom. The van der Waals surface area contributed by atoms with E-state index in [4.69, 9.17) is 9.47 Å². The second-order valence-corrected chi connectivity index (χ2v) is 7.47. The highest BCUT2D eigenvalue weighted by Crippen LogP contribution is 2.34. The number of aromatic nitrogens is 1. The molecular formula is C21H19IN4O4. The Morgan fingerprint density at radius 1 is 1.27 bits per heavy atom. The van der Waals surface area contributed by atoms with E-state index in [1.165, 1.54) is 30.1 Å². The summed E-state index contributed by atoms with van der Waals surface area (Å²) >= 11 is 2.17. The van der Waals surface area contributed by atoms with E-state index in [9.17, 15) is 10.1 Å². The van der Waals surface area contributed by atoms with Gasteiger partial charge in [-0.3, -0.25) is 15.5 Å². The van der Waals surface area contributed by atoms with Gasteiger partial charge in [-0.15, -0.1) is 0 Å². The first-order valence-electron chi connectivity index (χ1n) is 8.92. The van der Waals surface area contributed by atoms with Crippen LogP contribution in [0.25, 0.3) is 0 Å². The van der Waals surface area contributed by atoms with Crippen LogP contribution in [0.15, 0.2) is 59.8 Å². The van der Waals surface area contributed by atoms with Crippen molar-refractivity contribution in [2.24, 2.45) is 5.10 Å². The summed E-state index contributed by atoms with van der Waals surface area (Å²) < 4.78 is 12.3. The summed E-state index contributed by atoms with van der Waals surface area (Å²) in [5.74, 6) is 1.28. The number of hydrogen-bond donors (Lipinski definition) is 1. The van der Waals surface area contributed by atoms with Gasteiger partial charge in [0, 0.05) is 12.3 Å². The molecule has 0 aliphatic carbocycles. The lowest BCUT2D eigenvalue weighted by atomic mass is 10.2. The summed E-state index contributed by atoms with van der Waals surface area (Å²) in [6.45, 7) is 2.46. The fourth-order valence-electron chi connectivity index (χ4n) is 2.59. The van der Waals surface area contributed by atoms with Gasteiger partial charge in [-0.2, -0.15) is 5.10 Å². The zero-order valence-corrected chi connectivity index (χ0v) is 18.5. The average molecular weight is 518 g/mol. The van der Waals surface area contributed by atoms with Crippen LogP contribution < -0.4 is 14.9 Å². The van der Waals surface area contributed by atoms with Crippen LogP contribution in [0.4, 0.5) is 11.5 Å². The van der Waals surface area contributed by atoms with Crippen LogP contribution in [0.2, 0.25) is 0 Å². The number of ether oxygens (including phenoxy) is 2. The zero-order chi connectivity index (χ0) is 21.5. The molecule has 0 saturated heterocycles. The maximum Gasteiger partial charge on any atom is 0.313 e. The SMILES string of the molecule is COc1cc(/C=N\Nc2ncccc2[N+](=O)[O-])cc(I)c1OCc1ccc(C)cc1. The molecule has 1 heterocycles. The van der Waals surface area contributed by atoms with Gasteiger partial charge in [0.25, 0.3) is 0 Å². The number of nitrogens with one attached hydrogen (secondary N) is 1. The molecule has 9 heteroatoms. The van der Waals surface area contributed by atoms with Crippen LogP contribution in [0.5, 0.6) is 11.5 Å². The molecule has 30 heavy (non-hydrogen) atoms. The molecule has 0 radical (unpaired) electrons. The van der Waals surface area contributed by atoms with Gasteiger partial charge in [0.15, 0.2) is 11.5 Å². The lowest BCUT2D eigenvalue weighted by Crippen LogP contribution is -2.01. The number of anilines is 1. The number of nitro groups is 1. The van der Waals surface area contributed by atoms with E-state index in [1.807, 2.05) is 37.3 Å². The Bertz CT molecular complexity index is 1070. The van der Waals surface area contributed by atoms with Crippen molar-refractivity contribution in [3.05, 3.63) is 85.1 Å². The summed E-state index contributed by atoms with van der Waals surface area (Å²) in [6, 6.07) is 14.7. The predicted octanol–water partition coefficient (Wildman–Crippen LogP) is 4.94. The number of methoxy groups -OCH3 is 1. The fourth-order valence-corrected chi connectivity index (χ4v) is 3.37. The van der Waals surface area contributed by atoms with Crippen molar-refractivity contribution in [1.29, 1.82) is 0 Å². The van der Waals surface area contributed by atoms with Gasteiger partial charge in [0.05, 0.1) is 21.8 Å². The van der Waals surface area contributed by atoms with E-state index in [0.717, 1.165) is 14.7 Å². The van der Waals surface area contributed by atoms with Crippen LogP contribution >= 0.6 is 22.6 Å². The topological polar surface area (TPSA) is 98.9 Å². The second-order valence-electron chi connectivity index (χ2n) is 6.31. The maximum atomic E-state index is 11.0. The van der Waals surface area contributed by atoms with Gasteiger partial charge < -0.3 is 9.47 Å². The highest BCUT2D eigenvalue weighted by Gasteiger charge is 2.14. The van der Waals surface area contributed by atoms with Gasteiger partial charge in [-0.05, 0) is 58.8 Å². The van der Waals surface area contributed by atoms with E-state index < -0.39 is 4.92 Å². The summed E-state index contributed by atoms with van der Waals surface area (Å²) in [6.07, 6.45) is 2.99. The molecule has 0 aliphatic heterocycles. The number of rotatable bonds is 8. The highest BCUT2D eigenvalue weighted by molar-refractivity contribution is 14.1. The van der Waals surface area contributed by atoms with Gasteiger partial charge in [0.2, 0.25) is 5.82 Å². The molecule has 0 atom stereocenters. The molecule has 0 spiro atoms.